The number of amides is 1. The van der Waals surface area contributed by atoms with Crippen LogP contribution in [0.25, 0.3) is 0 Å². The zero-order valence-corrected chi connectivity index (χ0v) is 10.8. The highest BCUT2D eigenvalue weighted by Crippen LogP contribution is 1.99. The summed E-state index contributed by atoms with van der Waals surface area (Å²) in [5, 5.41) is 2.36. The van der Waals surface area contributed by atoms with Crippen molar-refractivity contribution < 1.29 is 14.3 Å². The van der Waals surface area contributed by atoms with Gasteiger partial charge in [-0.3, -0.25) is 9.78 Å². The Hall–Kier alpha value is -1.95. The number of hydrogen-bond donors (Lipinski definition) is 2. The van der Waals surface area contributed by atoms with Gasteiger partial charge in [-0.2, -0.15) is 0 Å². The first-order chi connectivity index (χ1) is 8.65. The molecular formula is C12H19N3O3. The maximum absolute atomic E-state index is 11.4. The summed E-state index contributed by atoms with van der Waals surface area (Å²) in [6.45, 7) is 3.84. The molecule has 3 N–H and O–H groups in total. The van der Waals surface area contributed by atoms with Crippen LogP contribution in [0.1, 0.15) is 24.2 Å². The third-order valence-corrected chi connectivity index (χ3v) is 1.87. The normalized spacial score (nSPS) is 10.7. The molecule has 6 heteroatoms. The van der Waals surface area contributed by atoms with Gasteiger partial charge < -0.3 is 15.8 Å². The van der Waals surface area contributed by atoms with E-state index in [9.17, 15) is 9.59 Å². The van der Waals surface area contributed by atoms with Gasteiger partial charge in [0.25, 0.3) is 0 Å². The zero-order valence-electron chi connectivity index (χ0n) is 10.8. The van der Waals surface area contributed by atoms with Crippen molar-refractivity contribution in [3.05, 3.63) is 30.1 Å². The van der Waals surface area contributed by atoms with Gasteiger partial charge in [0.2, 0.25) is 5.91 Å². The first-order valence-corrected chi connectivity index (χ1v) is 5.69. The van der Waals surface area contributed by atoms with Crippen LogP contribution in [0.3, 0.4) is 0 Å². The van der Waals surface area contributed by atoms with E-state index in [1.165, 1.54) is 13.2 Å². The molecule has 1 unspecified atom stereocenters. The number of pyridine rings is 1. The largest absolute Gasteiger partial charge is 0.460 e. The number of carbonyl (C=O) groups excluding carboxylic acids is 2. The van der Waals surface area contributed by atoms with Crippen molar-refractivity contribution in [2.75, 3.05) is 13.7 Å². The van der Waals surface area contributed by atoms with Crippen LogP contribution in [0.15, 0.2) is 24.5 Å². The SMILES string of the molecule is CC.CNC(=O)C(N)COC(=O)c1cccnc1. The molecular weight excluding hydrogens is 234 g/mol. The van der Waals surface area contributed by atoms with E-state index in [0.717, 1.165) is 0 Å². The standard InChI is InChI=1S/C10H13N3O3.C2H6/c1-12-9(14)8(11)6-16-10(15)7-3-2-4-13-5-7;1-2/h2-5,8H,6,11H2,1H3,(H,12,14);1-2H3. The molecule has 0 aliphatic carbocycles. The molecule has 0 aliphatic rings. The lowest BCUT2D eigenvalue weighted by Crippen LogP contribution is -2.42. The number of esters is 1. The Morgan fingerprint density at radius 2 is 2.17 bits per heavy atom. The van der Waals surface area contributed by atoms with E-state index in [1.54, 1.807) is 18.3 Å². The van der Waals surface area contributed by atoms with Gasteiger partial charge in [0.15, 0.2) is 0 Å². The molecule has 0 fully saturated rings. The predicted molar refractivity (Wildman–Crippen MR) is 67.9 cm³/mol. The Kier molecular flexibility index (Phi) is 8.13. The minimum absolute atomic E-state index is 0.159. The fourth-order valence-electron chi connectivity index (χ4n) is 0.993. The van der Waals surface area contributed by atoms with Crippen LogP contribution in [0.4, 0.5) is 0 Å². The summed E-state index contributed by atoms with van der Waals surface area (Å²) < 4.78 is 4.85. The molecule has 18 heavy (non-hydrogen) atoms. The first kappa shape index (κ1) is 16.1. The second kappa shape index (κ2) is 9.12. The number of rotatable bonds is 4. The number of aromatic nitrogens is 1. The van der Waals surface area contributed by atoms with E-state index in [0.29, 0.717) is 5.56 Å². The number of nitrogens with one attached hydrogen (secondary N) is 1. The highest BCUT2D eigenvalue weighted by Gasteiger charge is 2.15. The van der Waals surface area contributed by atoms with Gasteiger partial charge in [-0.1, -0.05) is 13.8 Å². The average Bonchev–Trinajstić information content (AvgIpc) is 2.46. The second-order valence-electron chi connectivity index (χ2n) is 3.06. The molecule has 1 rings (SSSR count). The predicted octanol–water partition coefficient (Wildman–Crippen LogP) is 0.338. The number of likely N-dealkylation sites (N-methyl/N-ethyl adjacent to an activating group) is 1. The lowest BCUT2D eigenvalue weighted by atomic mass is 10.3. The van der Waals surface area contributed by atoms with E-state index in [4.69, 9.17) is 10.5 Å². The summed E-state index contributed by atoms with van der Waals surface area (Å²) in [6.07, 6.45) is 2.93. The molecule has 1 amide bonds. The van der Waals surface area contributed by atoms with Crippen molar-refractivity contribution >= 4 is 11.9 Å². The van der Waals surface area contributed by atoms with Crippen LogP contribution in [0.5, 0.6) is 0 Å². The quantitative estimate of drug-likeness (QED) is 0.754. The Balaban J connectivity index is 0.00000137. The van der Waals surface area contributed by atoms with Gasteiger partial charge in [0, 0.05) is 19.4 Å². The Morgan fingerprint density at radius 3 is 2.67 bits per heavy atom. The molecule has 0 spiro atoms. The summed E-state index contributed by atoms with van der Waals surface area (Å²) in [4.78, 5) is 26.2. The van der Waals surface area contributed by atoms with Gasteiger partial charge in [-0.15, -0.1) is 0 Å². The van der Waals surface area contributed by atoms with Crippen molar-refractivity contribution in [3.63, 3.8) is 0 Å². The topological polar surface area (TPSA) is 94.3 Å². The minimum Gasteiger partial charge on any atom is -0.460 e. The molecule has 1 heterocycles. The van der Waals surface area contributed by atoms with E-state index in [1.807, 2.05) is 13.8 Å². The van der Waals surface area contributed by atoms with Crippen LogP contribution in [-0.2, 0) is 9.53 Å². The molecule has 1 atom stereocenters. The van der Waals surface area contributed by atoms with Gasteiger partial charge in [-0.05, 0) is 12.1 Å². The highest BCUT2D eigenvalue weighted by atomic mass is 16.5. The number of ether oxygens (including phenoxy) is 1. The van der Waals surface area contributed by atoms with Gasteiger partial charge in [0.05, 0.1) is 5.56 Å². The van der Waals surface area contributed by atoms with E-state index in [-0.39, 0.29) is 12.5 Å². The Labute approximate surface area is 107 Å². The summed E-state index contributed by atoms with van der Waals surface area (Å²) in [7, 11) is 1.46. The van der Waals surface area contributed by atoms with E-state index in [2.05, 4.69) is 10.3 Å². The number of nitrogens with zero attached hydrogens (tertiary/aromatic N) is 1. The number of carbonyl (C=O) groups is 2. The summed E-state index contributed by atoms with van der Waals surface area (Å²) in [6, 6.07) is 2.33. The van der Waals surface area contributed by atoms with Crippen molar-refractivity contribution in [2.24, 2.45) is 5.73 Å². The molecule has 0 bridgehead atoms. The number of nitrogens with two attached hydrogens (primary N) is 1. The van der Waals surface area contributed by atoms with Gasteiger partial charge >= 0.3 is 5.97 Å². The van der Waals surface area contributed by atoms with E-state index >= 15 is 0 Å². The lowest BCUT2D eigenvalue weighted by molar-refractivity contribution is -0.122. The van der Waals surface area contributed by atoms with Crippen molar-refractivity contribution in [1.82, 2.24) is 10.3 Å². The van der Waals surface area contributed by atoms with Crippen LogP contribution in [0, 0.1) is 0 Å². The summed E-state index contributed by atoms with van der Waals surface area (Å²) in [5.74, 6) is -0.925. The van der Waals surface area contributed by atoms with Crippen LogP contribution < -0.4 is 11.1 Å². The molecule has 0 radical (unpaired) electrons. The Bertz CT molecular complexity index is 368. The fraction of sp³-hybridized carbons (Fsp3) is 0.417. The second-order valence-corrected chi connectivity index (χ2v) is 3.06. The third-order valence-electron chi connectivity index (χ3n) is 1.87. The maximum atomic E-state index is 11.4. The number of hydrogen-bond acceptors (Lipinski definition) is 5. The van der Waals surface area contributed by atoms with Crippen molar-refractivity contribution in [2.45, 2.75) is 19.9 Å². The molecule has 100 valence electrons. The van der Waals surface area contributed by atoms with Crippen LogP contribution in [0.2, 0.25) is 0 Å². The monoisotopic (exact) mass is 253 g/mol. The Morgan fingerprint density at radius 1 is 1.50 bits per heavy atom. The van der Waals surface area contributed by atoms with Crippen LogP contribution >= 0.6 is 0 Å². The molecule has 0 aliphatic heterocycles. The molecule has 0 aromatic carbocycles. The molecule has 1 aromatic rings. The fourth-order valence-corrected chi connectivity index (χ4v) is 0.993. The average molecular weight is 253 g/mol. The molecule has 6 nitrogen and oxygen atoms in total. The maximum Gasteiger partial charge on any atom is 0.339 e. The molecule has 0 saturated heterocycles. The van der Waals surface area contributed by atoms with Gasteiger partial charge in [0.1, 0.15) is 12.6 Å². The smallest absolute Gasteiger partial charge is 0.339 e. The minimum atomic E-state index is -0.856. The third kappa shape index (κ3) is 5.40. The summed E-state index contributed by atoms with van der Waals surface area (Å²) in [5.41, 5.74) is 5.77. The summed E-state index contributed by atoms with van der Waals surface area (Å²) >= 11 is 0. The lowest BCUT2D eigenvalue weighted by Gasteiger charge is -2.10. The van der Waals surface area contributed by atoms with Crippen molar-refractivity contribution in [3.8, 4) is 0 Å². The van der Waals surface area contributed by atoms with Crippen molar-refractivity contribution in [1.29, 1.82) is 0 Å². The highest BCUT2D eigenvalue weighted by molar-refractivity contribution is 5.89. The van der Waals surface area contributed by atoms with Gasteiger partial charge in [-0.25, -0.2) is 4.79 Å². The van der Waals surface area contributed by atoms with Crippen LogP contribution in [-0.4, -0.2) is 36.6 Å². The molecule has 0 saturated carbocycles. The van der Waals surface area contributed by atoms with E-state index < -0.39 is 12.0 Å². The molecule has 1 aromatic heterocycles. The first-order valence-electron chi connectivity index (χ1n) is 5.69. The zero-order chi connectivity index (χ0) is 14.0.